The van der Waals surface area contributed by atoms with Crippen molar-refractivity contribution in [1.82, 2.24) is 0 Å². The van der Waals surface area contributed by atoms with E-state index in [9.17, 15) is 0 Å². The van der Waals surface area contributed by atoms with Gasteiger partial charge in [-0.1, -0.05) is 48.0 Å². The highest BCUT2D eigenvalue weighted by Crippen LogP contribution is 2.28. The second-order valence-electron chi connectivity index (χ2n) is 4.36. The molecule has 0 aliphatic rings. The van der Waals surface area contributed by atoms with Crippen molar-refractivity contribution < 1.29 is 4.74 Å². The third-order valence-corrected chi connectivity index (χ3v) is 2.99. The molecule has 2 rings (SSSR count). The number of aryl methyl sites for hydroxylation is 1. The average molecular weight is 241 g/mol. The van der Waals surface area contributed by atoms with Gasteiger partial charge in [0, 0.05) is 5.56 Å². The van der Waals surface area contributed by atoms with Gasteiger partial charge in [-0.05, 0) is 25.5 Å². The molecule has 0 aromatic heterocycles. The Morgan fingerprint density at radius 3 is 2.39 bits per heavy atom. The van der Waals surface area contributed by atoms with E-state index in [1.54, 1.807) is 0 Å². The zero-order valence-corrected chi connectivity index (χ0v) is 10.9. The molecule has 0 fully saturated rings. The minimum absolute atomic E-state index is 0.145. The predicted octanol–water partition coefficient (Wildman–Crippen LogP) is 3.44. The summed E-state index contributed by atoms with van der Waals surface area (Å²) in [6.45, 7) is 4.70. The smallest absolute Gasteiger partial charge is 0.124 e. The molecule has 2 aromatic carbocycles. The summed E-state index contributed by atoms with van der Waals surface area (Å²) >= 11 is 0. The Balaban J connectivity index is 2.33. The van der Waals surface area contributed by atoms with Crippen molar-refractivity contribution in [3.63, 3.8) is 0 Å². The quantitative estimate of drug-likeness (QED) is 0.890. The zero-order valence-electron chi connectivity index (χ0n) is 10.9. The number of nitrogens with two attached hydrogens (primary N) is 1. The second kappa shape index (κ2) is 5.69. The summed E-state index contributed by atoms with van der Waals surface area (Å²) in [6, 6.07) is 16.1. The molecule has 1 unspecified atom stereocenters. The van der Waals surface area contributed by atoms with Crippen LogP contribution in [0.2, 0.25) is 0 Å². The van der Waals surface area contributed by atoms with Gasteiger partial charge in [-0.2, -0.15) is 0 Å². The lowest BCUT2D eigenvalue weighted by Gasteiger charge is -2.17. The number of hydrogen-bond donors (Lipinski definition) is 1. The molecular weight excluding hydrogens is 222 g/mol. The molecule has 18 heavy (non-hydrogen) atoms. The lowest BCUT2D eigenvalue weighted by Crippen LogP contribution is -2.13. The predicted molar refractivity (Wildman–Crippen MR) is 74.8 cm³/mol. The molecule has 94 valence electrons. The third-order valence-electron chi connectivity index (χ3n) is 2.99. The summed E-state index contributed by atoms with van der Waals surface area (Å²) in [7, 11) is 0. The molecule has 2 nitrogen and oxygen atoms in total. The molecule has 0 saturated carbocycles. The SMILES string of the molecule is CCOc1ccccc1C(N)c1ccc(C)cc1. The maximum atomic E-state index is 6.32. The van der Waals surface area contributed by atoms with Crippen molar-refractivity contribution in [3.05, 3.63) is 65.2 Å². The molecule has 0 spiro atoms. The van der Waals surface area contributed by atoms with Gasteiger partial charge >= 0.3 is 0 Å². The molecule has 0 amide bonds. The number of hydrogen-bond acceptors (Lipinski definition) is 2. The Morgan fingerprint density at radius 1 is 1.06 bits per heavy atom. The van der Waals surface area contributed by atoms with Gasteiger partial charge in [0.25, 0.3) is 0 Å². The second-order valence-corrected chi connectivity index (χ2v) is 4.36. The highest BCUT2D eigenvalue weighted by Gasteiger charge is 2.13. The van der Waals surface area contributed by atoms with Crippen LogP contribution in [0.25, 0.3) is 0 Å². The number of rotatable bonds is 4. The normalized spacial score (nSPS) is 12.2. The summed E-state index contributed by atoms with van der Waals surface area (Å²) in [4.78, 5) is 0. The van der Waals surface area contributed by atoms with Crippen molar-refractivity contribution in [2.75, 3.05) is 6.61 Å². The van der Waals surface area contributed by atoms with Crippen molar-refractivity contribution in [2.45, 2.75) is 19.9 Å². The highest BCUT2D eigenvalue weighted by atomic mass is 16.5. The van der Waals surface area contributed by atoms with Crippen LogP contribution in [0.5, 0.6) is 5.75 Å². The Hall–Kier alpha value is -1.80. The number of ether oxygens (including phenoxy) is 1. The highest BCUT2D eigenvalue weighted by molar-refractivity contribution is 5.41. The fourth-order valence-corrected chi connectivity index (χ4v) is 1.98. The van der Waals surface area contributed by atoms with E-state index >= 15 is 0 Å². The first kappa shape index (κ1) is 12.7. The molecule has 0 aliphatic heterocycles. The Kier molecular flexibility index (Phi) is 4.00. The van der Waals surface area contributed by atoms with Crippen LogP contribution in [0.3, 0.4) is 0 Å². The van der Waals surface area contributed by atoms with Gasteiger partial charge in [-0.25, -0.2) is 0 Å². The molecule has 2 N–H and O–H groups in total. The summed E-state index contributed by atoms with van der Waals surface area (Å²) in [5.74, 6) is 0.869. The van der Waals surface area contributed by atoms with Gasteiger partial charge in [-0.15, -0.1) is 0 Å². The molecule has 0 bridgehead atoms. The van der Waals surface area contributed by atoms with Crippen LogP contribution in [0.4, 0.5) is 0 Å². The first-order valence-corrected chi connectivity index (χ1v) is 6.26. The van der Waals surface area contributed by atoms with E-state index in [4.69, 9.17) is 10.5 Å². The van der Waals surface area contributed by atoms with Gasteiger partial charge in [0.15, 0.2) is 0 Å². The van der Waals surface area contributed by atoms with Gasteiger partial charge in [0.05, 0.1) is 12.6 Å². The van der Waals surface area contributed by atoms with Crippen LogP contribution < -0.4 is 10.5 Å². The number of benzene rings is 2. The van der Waals surface area contributed by atoms with Crippen LogP contribution in [0.15, 0.2) is 48.5 Å². The average Bonchev–Trinajstić information content (AvgIpc) is 2.40. The van der Waals surface area contributed by atoms with Crippen LogP contribution >= 0.6 is 0 Å². The van der Waals surface area contributed by atoms with Crippen molar-refractivity contribution in [1.29, 1.82) is 0 Å². The first-order chi connectivity index (χ1) is 8.72. The van der Waals surface area contributed by atoms with Crippen LogP contribution in [0.1, 0.15) is 29.7 Å². The molecule has 0 aliphatic carbocycles. The van der Waals surface area contributed by atoms with Gasteiger partial charge in [-0.3, -0.25) is 0 Å². The van der Waals surface area contributed by atoms with Crippen molar-refractivity contribution >= 4 is 0 Å². The van der Waals surface area contributed by atoms with Crippen LogP contribution in [0, 0.1) is 6.92 Å². The molecule has 2 heteroatoms. The van der Waals surface area contributed by atoms with Crippen molar-refractivity contribution in [2.24, 2.45) is 5.73 Å². The summed E-state index contributed by atoms with van der Waals surface area (Å²) in [5, 5.41) is 0. The molecular formula is C16H19NO. The van der Waals surface area contributed by atoms with E-state index < -0.39 is 0 Å². The molecule has 0 saturated heterocycles. The maximum absolute atomic E-state index is 6.32. The minimum atomic E-state index is -0.145. The fourth-order valence-electron chi connectivity index (χ4n) is 1.98. The Bertz CT molecular complexity index is 505. The third kappa shape index (κ3) is 2.71. The summed E-state index contributed by atoms with van der Waals surface area (Å²) < 4.78 is 5.62. The topological polar surface area (TPSA) is 35.2 Å². The lowest BCUT2D eigenvalue weighted by molar-refractivity contribution is 0.335. The zero-order chi connectivity index (χ0) is 13.0. The Morgan fingerprint density at radius 2 is 1.72 bits per heavy atom. The number of para-hydroxylation sites is 1. The van der Waals surface area contributed by atoms with E-state index in [-0.39, 0.29) is 6.04 Å². The van der Waals surface area contributed by atoms with Crippen LogP contribution in [-0.4, -0.2) is 6.61 Å². The van der Waals surface area contributed by atoms with E-state index in [0.29, 0.717) is 6.61 Å². The molecule has 1 atom stereocenters. The standard InChI is InChI=1S/C16H19NO/c1-3-18-15-7-5-4-6-14(15)16(17)13-10-8-12(2)9-11-13/h4-11,16H,3,17H2,1-2H3. The largest absolute Gasteiger partial charge is 0.494 e. The first-order valence-electron chi connectivity index (χ1n) is 6.26. The molecule has 0 heterocycles. The van der Waals surface area contributed by atoms with E-state index in [1.807, 2.05) is 31.2 Å². The molecule has 2 aromatic rings. The summed E-state index contributed by atoms with van der Waals surface area (Å²) in [5.41, 5.74) is 9.69. The molecule has 0 radical (unpaired) electrons. The van der Waals surface area contributed by atoms with E-state index in [1.165, 1.54) is 5.56 Å². The monoisotopic (exact) mass is 241 g/mol. The summed E-state index contributed by atoms with van der Waals surface area (Å²) in [6.07, 6.45) is 0. The van der Waals surface area contributed by atoms with Gasteiger partial charge in [0.2, 0.25) is 0 Å². The van der Waals surface area contributed by atoms with E-state index in [0.717, 1.165) is 16.9 Å². The Labute approximate surface area is 108 Å². The van der Waals surface area contributed by atoms with Crippen LogP contribution in [-0.2, 0) is 0 Å². The van der Waals surface area contributed by atoms with E-state index in [2.05, 4.69) is 31.2 Å². The maximum Gasteiger partial charge on any atom is 0.124 e. The van der Waals surface area contributed by atoms with Gasteiger partial charge < -0.3 is 10.5 Å². The lowest BCUT2D eigenvalue weighted by atomic mass is 9.98. The van der Waals surface area contributed by atoms with Crippen molar-refractivity contribution in [3.8, 4) is 5.75 Å². The van der Waals surface area contributed by atoms with Gasteiger partial charge in [0.1, 0.15) is 5.75 Å². The fraction of sp³-hybridized carbons (Fsp3) is 0.250. The minimum Gasteiger partial charge on any atom is -0.494 e.